The molecule has 0 heterocycles. The molecule has 1 nitrogen and oxygen atoms in total. The largest absolute Gasteiger partial charge is 0.392 e. The van der Waals surface area contributed by atoms with E-state index in [1.807, 2.05) is 6.92 Å². The predicted molar refractivity (Wildman–Crippen MR) is 66.0 cm³/mol. The summed E-state index contributed by atoms with van der Waals surface area (Å²) in [5.74, 6) is 3.16. The van der Waals surface area contributed by atoms with E-state index in [-0.39, 0.29) is 6.61 Å². The Kier molecular flexibility index (Phi) is 2.12. The second kappa shape index (κ2) is 3.13. The Labute approximate surface area is 98.9 Å². The molecule has 0 radical (unpaired) electrons. The van der Waals surface area contributed by atoms with Crippen molar-refractivity contribution < 1.29 is 5.11 Å². The smallest absolute Gasteiger partial charge is 0.0639 e. The van der Waals surface area contributed by atoms with Crippen LogP contribution >= 0.6 is 0 Å². The number of hydrogen-bond donors (Lipinski definition) is 1. The van der Waals surface area contributed by atoms with E-state index in [4.69, 9.17) is 5.11 Å². The lowest BCUT2D eigenvalue weighted by Crippen LogP contribution is -2.26. The van der Waals surface area contributed by atoms with Crippen LogP contribution in [0.1, 0.15) is 46.5 Å². The van der Waals surface area contributed by atoms with Crippen LogP contribution in [-0.4, -0.2) is 11.7 Å². The first-order valence-corrected chi connectivity index (χ1v) is 6.80. The third-order valence-electron chi connectivity index (χ3n) is 6.53. The van der Waals surface area contributed by atoms with E-state index in [2.05, 4.69) is 19.9 Å². The maximum absolute atomic E-state index is 8.99. The van der Waals surface area contributed by atoms with E-state index in [9.17, 15) is 0 Å². The van der Waals surface area contributed by atoms with Crippen LogP contribution in [0.4, 0.5) is 0 Å². The van der Waals surface area contributed by atoms with Crippen molar-refractivity contribution in [2.45, 2.75) is 46.5 Å². The molecule has 3 unspecified atom stereocenters. The van der Waals surface area contributed by atoms with Crippen LogP contribution in [0.5, 0.6) is 0 Å². The van der Waals surface area contributed by atoms with Crippen molar-refractivity contribution in [1.29, 1.82) is 0 Å². The first kappa shape index (κ1) is 10.8. The van der Waals surface area contributed by atoms with E-state index in [1.165, 1.54) is 19.3 Å². The van der Waals surface area contributed by atoms with Gasteiger partial charge in [-0.05, 0) is 61.2 Å². The highest BCUT2D eigenvalue weighted by Gasteiger charge is 2.80. The Morgan fingerprint density at radius 1 is 1.31 bits per heavy atom. The molecule has 16 heavy (non-hydrogen) atoms. The molecule has 0 saturated heterocycles. The number of aliphatic hydroxyl groups is 1. The number of aliphatic hydroxyl groups excluding tert-OH is 1. The SMILES string of the molecule is C/C(=C\CCC1(C)C2CC3C(C2)C31C)CO. The van der Waals surface area contributed by atoms with Crippen LogP contribution in [0.3, 0.4) is 0 Å². The first-order valence-electron chi connectivity index (χ1n) is 6.80. The number of allylic oxidation sites excluding steroid dienone is 1. The fraction of sp³-hybridized carbons (Fsp3) is 0.867. The van der Waals surface area contributed by atoms with E-state index in [0.717, 1.165) is 29.7 Å². The van der Waals surface area contributed by atoms with Gasteiger partial charge in [0.15, 0.2) is 0 Å². The molecule has 90 valence electrons. The van der Waals surface area contributed by atoms with Crippen molar-refractivity contribution in [3.8, 4) is 0 Å². The molecule has 0 aromatic carbocycles. The molecule has 3 atom stereocenters. The average molecular weight is 220 g/mol. The normalized spacial score (nSPS) is 53.5. The number of rotatable bonds is 4. The van der Waals surface area contributed by atoms with Gasteiger partial charge in [0.25, 0.3) is 0 Å². The molecule has 0 aliphatic heterocycles. The van der Waals surface area contributed by atoms with Crippen LogP contribution in [0.25, 0.3) is 0 Å². The zero-order valence-electron chi connectivity index (χ0n) is 10.8. The maximum atomic E-state index is 8.99. The average Bonchev–Trinajstić information content (AvgIpc) is 2.62. The van der Waals surface area contributed by atoms with E-state index < -0.39 is 0 Å². The Morgan fingerprint density at radius 2 is 1.94 bits per heavy atom. The third kappa shape index (κ3) is 1.06. The minimum Gasteiger partial charge on any atom is -0.392 e. The van der Waals surface area contributed by atoms with Gasteiger partial charge in [-0.25, -0.2) is 0 Å². The zero-order chi connectivity index (χ0) is 11.6. The highest BCUT2D eigenvalue weighted by molar-refractivity contribution is 5.29. The molecule has 0 amide bonds. The minimum atomic E-state index is 0.225. The molecule has 4 rings (SSSR count). The molecule has 1 N–H and O–H groups in total. The Hall–Kier alpha value is -0.300. The lowest BCUT2D eigenvalue weighted by atomic mass is 9.71. The molecule has 4 aliphatic rings. The van der Waals surface area contributed by atoms with Gasteiger partial charge >= 0.3 is 0 Å². The van der Waals surface area contributed by atoms with Crippen LogP contribution in [0, 0.1) is 28.6 Å². The second-order valence-electron chi connectivity index (χ2n) is 6.83. The third-order valence-corrected chi connectivity index (χ3v) is 6.53. The van der Waals surface area contributed by atoms with Crippen molar-refractivity contribution in [3.63, 3.8) is 0 Å². The van der Waals surface area contributed by atoms with E-state index >= 15 is 0 Å². The molecule has 0 aromatic heterocycles. The Balaban J connectivity index is 1.68. The molecule has 1 heteroatoms. The fourth-order valence-corrected chi connectivity index (χ4v) is 5.19. The molecule has 0 spiro atoms. The van der Waals surface area contributed by atoms with Gasteiger partial charge in [-0.15, -0.1) is 0 Å². The molecular formula is C15H24O. The summed E-state index contributed by atoms with van der Waals surface area (Å²) in [6.45, 7) is 7.33. The van der Waals surface area contributed by atoms with E-state index in [1.54, 1.807) is 0 Å². The molecular weight excluding hydrogens is 196 g/mol. The summed E-state index contributed by atoms with van der Waals surface area (Å²) in [7, 11) is 0. The van der Waals surface area contributed by atoms with Crippen LogP contribution in [-0.2, 0) is 0 Å². The molecule has 4 aliphatic carbocycles. The van der Waals surface area contributed by atoms with Gasteiger partial charge < -0.3 is 5.11 Å². The number of hydrogen-bond acceptors (Lipinski definition) is 1. The van der Waals surface area contributed by atoms with Gasteiger partial charge in [-0.1, -0.05) is 25.5 Å². The van der Waals surface area contributed by atoms with Gasteiger partial charge in [-0.2, -0.15) is 0 Å². The summed E-state index contributed by atoms with van der Waals surface area (Å²) < 4.78 is 0. The van der Waals surface area contributed by atoms with Crippen LogP contribution < -0.4 is 0 Å². The van der Waals surface area contributed by atoms with Crippen molar-refractivity contribution in [2.24, 2.45) is 28.6 Å². The van der Waals surface area contributed by atoms with Gasteiger partial charge in [-0.3, -0.25) is 0 Å². The molecule has 0 aromatic rings. The summed E-state index contributed by atoms with van der Waals surface area (Å²) in [4.78, 5) is 0. The summed E-state index contributed by atoms with van der Waals surface area (Å²) in [5.41, 5.74) is 2.43. The van der Waals surface area contributed by atoms with Crippen LogP contribution in [0.2, 0.25) is 0 Å². The minimum absolute atomic E-state index is 0.225. The summed E-state index contributed by atoms with van der Waals surface area (Å²) in [5, 5.41) is 8.99. The van der Waals surface area contributed by atoms with Gasteiger partial charge in [0.05, 0.1) is 6.61 Å². The molecule has 4 bridgehead atoms. The lowest BCUT2D eigenvalue weighted by Gasteiger charge is -2.34. The van der Waals surface area contributed by atoms with Gasteiger partial charge in [0.2, 0.25) is 0 Å². The maximum Gasteiger partial charge on any atom is 0.0639 e. The zero-order valence-corrected chi connectivity index (χ0v) is 10.8. The van der Waals surface area contributed by atoms with Crippen molar-refractivity contribution in [3.05, 3.63) is 11.6 Å². The van der Waals surface area contributed by atoms with Gasteiger partial charge in [0.1, 0.15) is 0 Å². The van der Waals surface area contributed by atoms with Crippen LogP contribution in [0.15, 0.2) is 11.6 Å². The van der Waals surface area contributed by atoms with Crippen molar-refractivity contribution in [2.75, 3.05) is 6.61 Å². The summed E-state index contributed by atoms with van der Waals surface area (Å²) >= 11 is 0. The summed E-state index contributed by atoms with van der Waals surface area (Å²) in [6.07, 6.45) is 7.76. The fourth-order valence-electron chi connectivity index (χ4n) is 5.19. The van der Waals surface area contributed by atoms with Crippen molar-refractivity contribution in [1.82, 2.24) is 0 Å². The first-order chi connectivity index (χ1) is 7.54. The Bertz CT molecular complexity index is 331. The highest BCUT2D eigenvalue weighted by Crippen LogP contribution is 2.87. The standard InChI is InChI=1S/C15H24O/c1-10(9-16)5-4-6-14(2)11-7-12-13(8-11)15(12,14)3/h5,11-13,16H,4,6-9H2,1-3H3/b10-5+. The predicted octanol–water partition coefficient (Wildman–Crippen LogP) is 3.39. The van der Waals surface area contributed by atoms with Gasteiger partial charge in [0, 0.05) is 0 Å². The monoisotopic (exact) mass is 220 g/mol. The quantitative estimate of drug-likeness (QED) is 0.720. The van der Waals surface area contributed by atoms with E-state index in [0.29, 0.717) is 10.8 Å². The topological polar surface area (TPSA) is 20.2 Å². The molecule has 4 saturated carbocycles. The molecule has 4 fully saturated rings. The summed E-state index contributed by atoms with van der Waals surface area (Å²) in [6, 6.07) is 0. The van der Waals surface area contributed by atoms with Crippen molar-refractivity contribution >= 4 is 0 Å². The second-order valence-corrected chi connectivity index (χ2v) is 6.83. The Morgan fingerprint density at radius 3 is 2.38 bits per heavy atom. The lowest BCUT2D eigenvalue weighted by molar-refractivity contribution is 0.154. The highest BCUT2D eigenvalue weighted by atomic mass is 16.3.